The van der Waals surface area contributed by atoms with Gasteiger partial charge in [0.05, 0.1) is 23.8 Å². The fourth-order valence-electron chi connectivity index (χ4n) is 2.63. The van der Waals surface area contributed by atoms with E-state index in [9.17, 15) is 9.59 Å². The molecule has 1 aliphatic rings. The summed E-state index contributed by atoms with van der Waals surface area (Å²) in [5.41, 5.74) is 6.75. The molecule has 0 bridgehead atoms. The highest BCUT2D eigenvalue weighted by molar-refractivity contribution is 6.11. The highest BCUT2D eigenvalue weighted by Crippen LogP contribution is 2.28. The molecule has 9 heteroatoms. The average Bonchev–Trinajstić information content (AvgIpc) is 2.75. The summed E-state index contributed by atoms with van der Waals surface area (Å²) in [7, 11) is 0. The summed E-state index contributed by atoms with van der Waals surface area (Å²) in [6, 6.07) is 5.02. The number of nitrogens with one attached hydrogen (secondary N) is 1. The monoisotopic (exact) mass is 324 g/mol. The first-order chi connectivity index (χ1) is 11.6. The van der Waals surface area contributed by atoms with Gasteiger partial charge in [0.15, 0.2) is 0 Å². The number of benzene rings is 1. The molecule has 2 aromatic heterocycles. The van der Waals surface area contributed by atoms with Gasteiger partial charge in [-0.3, -0.25) is 9.59 Å². The molecule has 9 nitrogen and oxygen atoms in total. The molecule has 1 aliphatic heterocycles. The van der Waals surface area contributed by atoms with Crippen molar-refractivity contribution in [2.75, 3.05) is 23.8 Å². The zero-order valence-electron chi connectivity index (χ0n) is 12.4. The first kappa shape index (κ1) is 14.1. The molecule has 24 heavy (non-hydrogen) atoms. The van der Waals surface area contributed by atoms with Crippen molar-refractivity contribution in [3.8, 4) is 5.88 Å². The van der Waals surface area contributed by atoms with Gasteiger partial charge >= 0.3 is 0 Å². The number of aromatic amines is 1. The molecular weight excluding hydrogens is 312 g/mol. The van der Waals surface area contributed by atoms with Crippen molar-refractivity contribution in [1.82, 2.24) is 19.9 Å². The third-order valence-corrected chi connectivity index (χ3v) is 3.79. The number of H-pyrrole nitrogens is 1. The lowest BCUT2D eigenvalue weighted by Crippen LogP contribution is -2.32. The van der Waals surface area contributed by atoms with Gasteiger partial charge in [0.2, 0.25) is 5.88 Å². The van der Waals surface area contributed by atoms with Gasteiger partial charge in [0, 0.05) is 5.69 Å². The molecule has 0 aliphatic carbocycles. The minimum Gasteiger partial charge on any atom is -0.475 e. The summed E-state index contributed by atoms with van der Waals surface area (Å²) in [4.78, 5) is 40.7. The van der Waals surface area contributed by atoms with E-state index in [0.717, 1.165) is 0 Å². The highest BCUT2D eigenvalue weighted by Gasteiger charge is 2.28. The Morgan fingerprint density at radius 1 is 1.21 bits per heavy atom. The van der Waals surface area contributed by atoms with E-state index >= 15 is 0 Å². The number of hydrogen-bond acceptors (Lipinski definition) is 7. The van der Waals surface area contributed by atoms with E-state index in [4.69, 9.17) is 10.5 Å². The van der Waals surface area contributed by atoms with Crippen molar-refractivity contribution in [2.45, 2.75) is 0 Å². The predicted octanol–water partition coefficient (Wildman–Crippen LogP) is 0.334. The van der Waals surface area contributed by atoms with Crippen LogP contribution >= 0.6 is 0 Å². The van der Waals surface area contributed by atoms with Crippen LogP contribution in [0.1, 0.15) is 10.4 Å². The molecule has 0 atom stereocenters. The Labute approximate surface area is 135 Å². The summed E-state index contributed by atoms with van der Waals surface area (Å²) in [6.45, 7) is 0.537. The van der Waals surface area contributed by atoms with Crippen LogP contribution in [0.25, 0.3) is 10.9 Å². The maximum Gasteiger partial charge on any atom is 0.267 e. The van der Waals surface area contributed by atoms with Gasteiger partial charge in [0.25, 0.3) is 11.5 Å². The van der Waals surface area contributed by atoms with Crippen LogP contribution in [0, 0.1) is 0 Å². The Bertz CT molecular complexity index is 1020. The number of amides is 1. The van der Waals surface area contributed by atoms with E-state index in [2.05, 4.69) is 19.9 Å². The number of nitrogens with two attached hydrogens (primary N) is 1. The van der Waals surface area contributed by atoms with Crippen molar-refractivity contribution < 1.29 is 9.53 Å². The van der Waals surface area contributed by atoms with Crippen LogP contribution in [0.4, 0.5) is 11.5 Å². The summed E-state index contributed by atoms with van der Waals surface area (Å²) < 4.78 is 5.49. The predicted molar refractivity (Wildman–Crippen MR) is 86.0 cm³/mol. The summed E-state index contributed by atoms with van der Waals surface area (Å²) in [6.07, 6.45) is 2.59. The molecule has 3 aromatic rings. The van der Waals surface area contributed by atoms with E-state index in [-0.39, 0.29) is 41.9 Å². The molecular formula is C15H12N6O3. The summed E-state index contributed by atoms with van der Waals surface area (Å²) in [5.74, 6) is -0.159. The van der Waals surface area contributed by atoms with Gasteiger partial charge in [-0.1, -0.05) is 0 Å². The number of nitrogens with zero attached hydrogens (tertiary/aromatic N) is 4. The Kier molecular flexibility index (Phi) is 3.12. The Balaban J connectivity index is 1.85. The number of rotatable bonds is 1. The highest BCUT2D eigenvalue weighted by atomic mass is 16.5. The zero-order valence-corrected chi connectivity index (χ0v) is 12.4. The van der Waals surface area contributed by atoms with Gasteiger partial charge in [-0.05, 0) is 18.2 Å². The summed E-state index contributed by atoms with van der Waals surface area (Å²) >= 11 is 0. The number of hydrogen-bond donors (Lipinski definition) is 2. The zero-order chi connectivity index (χ0) is 16.7. The largest absolute Gasteiger partial charge is 0.475 e. The fourth-order valence-corrected chi connectivity index (χ4v) is 2.63. The van der Waals surface area contributed by atoms with E-state index < -0.39 is 0 Å². The third-order valence-electron chi connectivity index (χ3n) is 3.79. The average molecular weight is 324 g/mol. The van der Waals surface area contributed by atoms with Gasteiger partial charge < -0.3 is 20.4 Å². The van der Waals surface area contributed by atoms with Crippen LogP contribution in [-0.4, -0.2) is 39.0 Å². The van der Waals surface area contributed by atoms with E-state index in [0.29, 0.717) is 16.6 Å². The number of anilines is 2. The second kappa shape index (κ2) is 5.30. The molecule has 0 radical (unpaired) electrons. The van der Waals surface area contributed by atoms with E-state index in [1.54, 1.807) is 18.2 Å². The molecule has 1 amide bonds. The molecule has 3 heterocycles. The van der Waals surface area contributed by atoms with Gasteiger partial charge in [-0.15, -0.1) is 0 Å². The van der Waals surface area contributed by atoms with Crippen LogP contribution in [0.3, 0.4) is 0 Å². The number of fused-ring (bicyclic) bond motifs is 2. The lowest BCUT2D eigenvalue weighted by atomic mass is 10.2. The molecule has 0 unspecified atom stereocenters. The number of ether oxygens (including phenoxy) is 1. The van der Waals surface area contributed by atoms with Crippen LogP contribution in [-0.2, 0) is 0 Å². The second-order valence-corrected chi connectivity index (χ2v) is 5.18. The van der Waals surface area contributed by atoms with Crippen LogP contribution in [0.15, 0.2) is 35.6 Å². The number of carbonyl (C=O) groups excluding carboxylic acids is 1. The number of nitrogen functional groups attached to an aromatic ring is 1. The Hall–Kier alpha value is -3.49. The topological polar surface area (TPSA) is 127 Å². The van der Waals surface area contributed by atoms with E-state index in [1.807, 2.05) is 0 Å². The Morgan fingerprint density at radius 2 is 2.08 bits per heavy atom. The van der Waals surface area contributed by atoms with Crippen molar-refractivity contribution in [3.63, 3.8) is 0 Å². The molecule has 0 saturated heterocycles. The molecule has 1 aromatic carbocycles. The van der Waals surface area contributed by atoms with Crippen LogP contribution < -0.4 is 20.9 Å². The quantitative estimate of drug-likeness (QED) is 0.660. The van der Waals surface area contributed by atoms with Crippen LogP contribution in [0.5, 0.6) is 5.88 Å². The SMILES string of the molecule is Nc1ncnc2c1C(=O)N(c1ccc3nc[nH]c(=O)c3c1)CCO2. The second-order valence-electron chi connectivity index (χ2n) is 5.18. The number of carbonyl (C=O) groups is 1. The molecule has 3 N–H and O–H groups in total. The standard InChI is InChI=1S/C15H12N6O3/c16-12-11-14(20-7-18-12)24-4-3-21(15(11)23)8-1-2-10-9(5-8)13(22)19-6-17-10/h1-2,5-7H,3-4H2,(H2,16,18,20)(H,17,19,22). The minimum atomic E-state index is -0.375. The normalized spacial score (nSPS) is 14.2. The number of aromatic nitrogens is 4. The molecule has 0 fully saturated rings. The maximum atomic E-state index is 12.9. The van der Waals surface area contributed by atoms with Crippen LogP contribution in [0.2, 0.25) is 0 Å². The fraction of sp³-hybridized carbons (Fsp3) is 0.133. The maximum absolute atomic E-state index is 12.9. The first-order valence-electron chi connectivity index (χ1n) is 7.18. The van der Waals surface area contributed by atoms with Gasteiger partial charge in [-0.25, -0.2) is 15.0 Å². The molecule has 4 rings (SSSR count). The summed E-state index contributed by atoms with van der Waals surface area (Å²) in [5, 5.41) is 0.394. The third kappa shape index (κ3) is 2.14. The van der Waals surface area contributed by atoms with E-state index in [1.165, 1.54) is 17.6 Å². The minimum absolute atomic E-state index is 0.0530. The van der Waals surface area contributed by atoms with Crippen molar-refractivity contribution in [1.29, 1.82) is 0 Å². The lowest BCUT2D eigenvalue weighted by Gasteiger charge is -2.20. The van der Waals surface area contributed by atoms with Gasteiger partial charge in [-0.2, -0.15) is 0 Å². The molecule has 0 saturated carbocycles. The Morgan fingerprint density at radius 3 is 2.96 bits per heavy atom. The molecule has 0 spiro atoms. The smallest absolute Gasteiger partial charge is 0.267 e. The lowest BCUT2D eigenvalue weighted by molar-refractivity contribution is 0.0990. The first-order valence-corrected chi connectivity index (χ1v) is 7.18. The van der Waals surface area contributed by atoms with Crippen molar-refractivity contribution in [2.24, 2.45) is 0 Å². The van der Waals surface area contributed by atoms with Crippen molar-refractivity contribution >= 4 is 28.3 Å². The van der Waals surface area contributed by atoms with Gasteiger partial charge in [0.1, 0.15) is 24.3 Å². The van der Waals surface area contributed by atoms with Crippen molar-refractivity contribution in [3.05, 3.63) is 46.8 Å². The molecule has 120 valence electrons.